The lowest BCUT2D eigenvalue weighted by molar-refractivity contribution is -0.142. The standard InChI is InChI=1S/C13H22N2O/c16-13(15-6-2-1-3-7-15)12-10-14-8-4-11(12)5-9-14/h11-12H,1-10H2. The molecular formula is C13H22N2O. The van der Waals surface area contributed by atoms with Crippen molar-refractivity contribution in [1.82, 2.24) is 9.80 Å². The van der Waals surface area contributed by atoms with Gasteiger partial charge in [0.1, 0.15) is 0 Å². The van der Waals surface area contributed by atoms with Gasteiger partial charge in [-0.15, -0.1) is 0 Å². The Kier molecular flexibility index (Phi) is 2.88. The first-order valence-electron chi connectivity index (χ1n) is 6.86. The number of rotatable bonds is 1. The molecule has 4 heterocycles. The third-order valence-electron chi connectivity index (χ3n) is 4.64. The van der Waals surface area contributed by atoms with Crippen LogP contribution in [0.5, 0.6) is 0 Å². The van der Waals surface area contributed by atoms with Gasteiger partial charge in [-0.1, -0.05) is 0 Å². The molecule has 0 aromatic rings. The van der Waals surface area contributed by atoms with Gasteiger partial charge in [0.15, 0.2) is 0 Å². The van der Waals surface area contributed by atoms with Crippen LogP contribution < -0.4 is 0 Å². The lowest BCUT2D eigenvalue weighted by Crippen LogP contribution is -2.54. The van der Waals surface area contributed by atoms with Crippen LogP contribution >= 0.6 is 0 Å². The van der Waals surface area contributed by atoms with Gasteiger partial charge < -0.3 is 9.80 Å². The van der Waals surface area contributed by atoms with Crippen molar-refractivity contribution in [2.75, 3.05) is 32.7 Å². The van der Waals surface area contributed by atoms with E-state index in [1.165, 1.54) is 45.2 Å². The molecule has 4 aliphatic rings. The molecule has 2 bridgehead atoms. The Hall–Kier alpha value is -0.570. The fourth-order valence-electron chi connectivity index (χ4n) is 3.59. The molecule has 16 heavy (non-hydrogen) atoms. The Morgan fingerprint density at radius 3 is 2.19 bits per heavy atom. The predicted octanol–water partition coefficient (Wildman–Crippen LogP) is 1.34. The topological polar surface area (TPSA) is 23.6 Å². The van der Waals surface area contributed by atoms with E-state index in [9.17, 15) is 4.79 Å². The summed E-state index contributed by atoms with van der Waals surface area (Å²) in [6, 6.07) is 0. The second-order valence-corrected chi connectivity index (χ2v) is 5.63. The first kappa shape index (κ1) is 10.6. The predicted molar refractivity (Wildman–Crippen MR) is 63.1 cm³/mol. The highest BCUT2D eigenvalue weighted by molar-refractivity contribution is 5.79. The molecule has 90 valence electrons. The monoisotopic (exact) mass is 222 g/mol. The maximum Gasteiger partial charge on any atom is 0.227 e. The summed E-state index contributed by atoms with van der Waals surface area (Å²) in [5.74, 6) is 1.49. The summed E-state index contributed by atoms with van der Waals surface area (Å²) in [5, 5.41) is 0. The zero-order valence-corrected chi connectivity index (χ0v) is 10.0. The van der Waals surface area contributed by atoms with E-state index in [0.29, 0.717) is 17.7 Å². The molecule has 3 nitrogen and oxygen atoms in total. The second kappa shape index (κ2) is 4.36. The van der Waals surface area contributed by atoms with Crippen LogP contribution in [0.1, 0.15) is 32.1 Å². The zero-order valence-electron chi connectivity index (χ0n) is 10.0. The largest absolute Gasteiger partial charge is 0.342 e. The first-order chi connectivity index (χ1) is 7.84. The van der Waals surface area contributed by atoms with Crippen molar-refractivity contribution in [3.05, 3.63) is 0 Å². The Morgan fingerprint density at radius 2 is 1.62 bits per heavy atom. The molecule has 1 unspecified atom stereocenters. The van der Waals surface area contributed by atoms with E-state index in [4.69, 9.17) is 0 Å². The van der Waals surface area contributed by atoms with Crippen LogP contribution in [0.2, 0.25) is 0 Å². The van der Waals surface area contributed by atoms with Gasteiger partial charge in [-0.3, -0.25) is 4.79 Å². The second-order valence-electron chi connectivity index (χ2n) is 5.63. The van der Waals surface area contributed by atoms with E-state index in [2.05, 4.69) is 9.80 Å². The van der Waals surface area contributed by atoms with Crippen LogP contribution in [-0.2, 0) is 4.79 Å². The van der Waals surface area contributed by atoms with Crippen molar-refractivity contribution in [2.24, 2.45) is 11.8 Å². The number of amides is 1. The highest BCUT2D eigenvalue weighted by atomic mass is 16.2. The highest BCUT2D eigenvalue weighted by Gasteiger charge is 2.39. The van der Waals surface area contributed by atoms with Crippen LogP contribution in [0, 0.1) is 11.8 Å². The summed E-state index contributed by atoms with van der Waals surface area (Å²) >= 11 is 0. The summed E-state index contributed by atoms with van der Waals surface area (Å²) < 4.78 is 0. The summed E-state index contributed by atoms with van der Waals surface area (Å²) in [6.07, 6.45) is 6.25. The van der Waals surface area contributed by atoms with Crippen LogP contribution in [0.4, 0.5) is 0 Å². The Labute approximate surface area is 97.8 Å². The number of carbonyl (C=O) groups excluding carboxylic acids is 1. The summed E-state index contributed by atoms with van der Waals surface area (Å²) in [4.78, 5) is 17.1. The van der Waals surface area contributed by atoms with Crippen LogP contribution in [0.15, 0.2) is 0 Å². The number of likely N-dealkylation sites (tertiary alicyclic amines) is 1. The number of nitrogens with zero attached hydrogens (tertiary/aromatic N) is 2. The Bertz CT molecular complexity index is 265. The van der Waals surface area contributed by atoms with Gasteiger partial charge in [-0.05, 0) is 51.1 Å². The molecule has 0 spiro atoms. The van der Waals surface area contributed by atoms with Crippen molar-refractivity contribution < 1.29 is 4.79 Å². The molecule has 4 saturated heterocycles. The van der Waals surface area contributed by atoms with E-state index in [1.54, 1.807) is 0 Å². The molecule has 3 heteroatoms. The summed E-state index contributed by atoms with van der Waals surface area (Å²) in [7, 11) is 0. The Morgan fingerprint density at radius 1 is 0.938 bits per heavy atom. The van der Waals surface area contributed by atoms with Crippen molar-refractivity contribution in [1.29, 1.82) is 0 Å². The van der Waals surface area contributed by atoms with Crippen molar-refractivity contribution in [3.8, 4) is 0 Å². The number of hydrogen-bond acceptors (Lipinski definition) is 2. The molecule has 4 fully saturated rings. The first-order valence-corrected chi connectivity index (χ1v) is 6.86. The van der Waals surface area contributed by atoms with Gasteiger partial charge in [-0.2, -0.15) is 0 Å². The summed E-state index contributed by atoms with van der Waals surface area (Å²) in [6.45, 7) is 5.53. The molecule has 0 saturated carbocycles. The van der Waals surface area contributed by atoms with Crippen LogP contribution in [0.3, 0.4) is 0 Å². The van der Waals surface area contributed by atoms with Gasteiger partial charge in [0.2, 0.25) is 5.91 Å². The number of fused-ring (bicyclic) bond motifs is 3. The van der Waals surface area contributed by atoms with Crippen LogP contribution in [-0.4, -0.2) is 48.4 Å². The fraction of sp³-hybridized carbons (Fsp3) is 0.923. The third-order valence-corrected chi connectivity index (χ3v) is 4.64. The van der Waals surface area contributed by atoms with Gasteiger partial charge in [-0.25, -0.2) is 0 Å². The van der Waals surface area contributed by atoms with Gasteiger partial charge >= 0.3 is 0 Å². The van der Waals surface area contributed by atoms with E-state index >= 15 is 0 Å². The Balaban J connectivity index is 1.65. The third kappa shape index (κ3) is 1.86. The SMILES string of the molecule is O=C(C1CN2CCC1CC2)N1CCCCC1. The molecule has 0 aromatic carbocycles. The maximum absolute atomic E-state index is 12.4. The summed E-state index contributed by atoms with van der Waals surface area (Å²) in [5.41, 5.74) is 0. The molecular weight excluding hydrogens is 200 g/mol. The van der Waals surface area contributed by atoms with E-state index in [-0.39, 0.29) is 0 Å². The van der Waals surface area contributed by atoms with Crippen molar-refractivity contribution in [3.63, 3.8) is 0 Å². The zero-order chi connectivity index (χ0) is 11.0. The molecule has 1 atom stereocenters. The average Bonchev–Trinajstić information content (AvgIpc) is 2.40. The number of hydrogen-bond donors (Lipinski definition) is 0. The van der Waals surface area contributed by atoms with E-state index in [1.807, 2.05) is 0 Å². The fourth-order valence-corrected chi connectivity index (χ4v) is 3.59. The van der Waals surface area contributed by atoms with Gasteiger partial charge in [0, 0.05) is 19.6 Å². The molecule has 0 aliphatic carbocycles. The normalized spacial score (nSPS) is 38.8. The van der Waals surface area contributed by atoms with E-state index in [0.717, 1.165) is 19.6 Å². The molecule has 0 N–H and O–H groups in total. The lowest BCUT2D eigenvalue weighted by atomic mass is 9.78. The van der Waals surface area contributed by atoms with Crippen LogP contribution in [0.25, 0.3) is 0 Å². The molecule has 1 amide bonds. The number of carbonyl (C=O) groups is 1. The lowest BCUT2D eigenvalue weighted by Gasteiger charge is -2.45. The van der Waals surface area contributed by atoms with E-state index < -0.39 is 0 Å². The van der Waals surface area contributed by atoms with Gasteiger partial charge in [0.05, 0.1) is 5.92 Å². The smallest absolute Gasteiger partial charge is 0.227 e. The highest BCUT2D eigenvalue weighted by Crippen LogP contribution is 2.33. The minimum absolute atomic E-state index is 0.334. The maximum atomic E-state index is 12.4. The van der Waals surface area contributed by atoms with Crippen molar-refractivity contribution in [2.45, 2.75) is 32.1 Å². The number of piperidine rings is 4. The molecule has 4 rings (SSSR count). The molecule has 4 aliphatic heterocycles. The van der Waals surface area contributed by atoms with Gasteiger partial charge in [0.25, 0.3) is 0 Å². The average molecular weight is 222 g/mol. The van der Waals surface area contributed by atoms with Crippen molar-refractivity contribution >= 4 is 5.91 Å². The molecule has 0 radical (unpaired) electrons. The minimum atomic E-state index is 0.334. The quantitative estimate of drug-likeness (QED) is 0.668. The minimum Gasteiger partial charge on any atom is -0.342 e. The molecule has 0 aromatic heterocycles.